The zero-order valence-electron chi connectivity index (χ0n) is 3.25. The number of rotatable bonds is 1. The predicted octanol–water partition coefficient (Wildman–Crippen LogP) is -1.13. The van der Waals surface area contributed by atoms with Crippen molar-refractivity contribution in [1.82, 2.24) is 0 Å². The van der Waals surface area contributed by atoms with Crippen molar-refractivity contribution in [3.63, 3.8) is 0 Å². The van der Waals surface area contributed by atoms with Crippen LogP contribution in [0.1, 0.15) is 0 Å². The fourth-order valence-corrected chi connectivity index (χ4v) is 0. The van der Waals surface area contributed by atoms with Crippen molar-refractivity contribution in [2.75, 3.05) is 0 Å². The van der Waals surface area contributed by atoms with Crippen molar-refractivity contribution >= 4 is 24.7 Å². The molecule has 0 atom stereocenters. The summed E-state index contributed by atoms with van der Waals surface area (Å²) in [5.74, 6) is -1.43. The lowest BCUT2D eigenvalue weighted by Gasteiger charge is -1.59. The molecule has 0 aliphatic heterocycles. The third kappa shape index (κ3) is 32.1. The van der Waals surface area contributed by atoms with Crippen LogP contribution in [0.5, 0.6) is 0 Å². The van der Waals surface area contributed by atoms with E-state index in [9.17, 15) is 0 Å². The van der Waals surface area contributed by atoms with E-state index in [2.05, 4.69) is 0 Å². The first-order valence-electron chi connectivity index (χ1n) is 0.952. The van der Waals surface area contributed by atoms with Gasteiger partial charge in [0.1, 0.15) is 0 Å². The monoisotopic (exact) mass is 128 g/mol. The second kappa shape index (κ2) is 9.04. The van der Waals surface area contributed by atoms with Gasteiger partial charge in [-0.15, -0.1) is 12.4 Å². The molecular formula is C2H5ClO4. The summed E-state index contributed by atoms with van der Waals surface area (Å²) >= 11 is 0. The van der Waals surface area contributed by atoms with Crippen molar-refractivity contribution in [2.24, 2.45) is 0 Å². The molecule has 7 heavy (non-hydrogen) atoms. The van der Waals surface area contributed by atoms with Gasteiger partial charge >= 0.3 is 5.97 Å². The molecule has 0 saturated carbocycles. The normalized spacial score (nSPS) is 4.57. The van der Waals surface area contributed by atoms with Gasteiger partial charge in [0.15, 0.2) is 0 Å². The van der Waals surface area contributed by atoms with E-state index >= 15 is 0 Å². The smallest absolute Gasteiger partial charge is 0.368 e. The van der Waals surface area contributed by atoms with Crippen molar-refractivity contribution in [3.05, 3.63) is 0 Å². The highest BCUT2D eigenvalue weighted by atomic mass is 35.5. The van der Waals surface area contributed by atoms with Gasteiger partial charge in [-0.25, -0.2) is 4.79 Å². The lowest BCUT2D eigenvalue weighted by molar-refractivity contribution is -0.143. The third-order valence-corrected chi connectivity index (χ3v) is 0.101. The quantitative estimate of drug-likeness (QED) is 0.358. The van der Waals surface area contributed by atoms with Gasteiger partial charge in [-0.1, -0.05) is 0 Å². The molecule has 0 unspecified atom stereocenters. The standard InChI is InChI=1S/C2H2O3.ClH.H2O/c3-1-2(4)5;;/h1H,(H,4,5);1H;1H2. The number of aliphatic carboxylic acids is 1. The second-order valence-corrected chi connectivity index (χ2v) is 0.456. The average Bonchev–Trinajstić information content (AvgIpc) is 1.38. The number of carboxylic acids is 1. The van der Waals surface area contributed by atoms with Crippen LogP contribution in [-0.4, -0.2) is 22.8 Å². The second-order valence-electron chi connectivity index (χ2n) is 0.456. The van der Waals surface area contributed by atoms with Gasteiger partial charge in [0.2, 0.25) is 6.29 Å². The van der Waals surface area contributed by atoms with Crippen molar-refractivity contribution < 1.29 is 20.2 Å². The van der Waals surface area contributed by atoms with E-state index in [1.54, 1.807) is 0 Å². The van der Waals surface area contributed by atoms with Crippen molar-refractivity contribution in [3.8, 4) is 0 Å². The Morgan fingerprint density at radius 2 is 1.71 bits per heavy atom. The predicted molar refractivity (Wildman–Crippen MR) is 24.6 cm³/mol. The largest absolute Gasteiger partial charge is 0.476 e. The summed E-state index contributed by atoms with van der Waals surface area (Å²) in [5, 5.41) is 7.35. The van der Waals surface area contributed by atoms with E-state index in [0.717, 1.165) is 0 Å². The van der Waals surface area contributed by atoms with Gasteiger partial charge in [-0.2, -0.15) is 0 Å². The van der Waals surface area contributed by atoms with E-state index in [1.807, 2.05) is 0 Å². The van der Waals surface area contributed by atoms with Crippen LogP contribution in [0.15, 0.2) is 0 Å². The molecule has 0 radical (unpaired) electrons. The SMILES string of the molecule is Cl.O.O=CC(=O)O. The average molecular weight is 129 g/mol. The Kier molecular flexibility index (Phi) is 20.9. The molecule has 0 amide bonds. The highest BCUT2D eigenvalue weighted by molar-refractivity contribution is 6.19. The summed E-state index contributed by atoms with van der Waals surface area (Å²) in [6.07, 6.45) is -0.167. The van der Waals surface area contributed by atoms with Gasteiger partial charge in [0.05, 0.1) is 0 Å². The lowest BCUT2D eigenvalue weighted by atomic mass is 10.8. The molecule has 0 aliphatic carbocycles. The van der Waals surface area contributed by atoms with Crippen molar-refractivity contribution in [1.29, 1.82) is 0 Å². The molecule has 3 N–H and O–H groups in total. The Labute approximate surface area is 45.9 Å². The van der Waals surface area contributed by atoms with E-state index in [4.69, 9.17) is 14.7 Å². The minimum absolute atomic E-state index is 0. The van der Waals surface area contributed by atoms with E-state index in [0.29, 0.717) is 0 Å². The number of hydrogen-bond acceptors (Lipinski definition) is 2. The highest BCUT2D eigenvalue weighted by Crippen LogP contribution is 1.39. The number of hydrogen-bond donors (Lipinski definition) is 1. The minimum Gasteiger partial charge on any atom is -0.476 e. The van der Waals surface area contributed by atoms with Gasteiger partial charge in [0, 0.05) is 0 Å². The molecular weight excluding hydrogens is 123 g/mol. The molecule has 0 spiro atoms. The Morgan fingerprint density at radius 1 is 1.57 bits per heavy atom. The molecule has 0 aromatic rings. The summed E-state index contributed by atoms with van der Waals surface area (Å²) < 4.78 is 0. The fraction of sp³-hybridized carbons (Fsp3) is 0. The van der Waals surface area contributed by atoms with Crippen LogP contribution in [-0.2, 0) is 9.59 Å². The van der Waals surface area contributed by atoms with E-state index < -0.39 is 5.97 Å². The fourth-order valence-electron chi connectivity index (χ4n) is 0. The van der Waals surface area contributed by atoms with Gasteiger partial charge in [-0.3, -0.25) is 4.79 Å². The Balaban J connectivity index is -0.0000000800. The van der Waals surface area contributed by atoms with Crippen LogP contribution < -0.4 is 0 Å². The first kappa shape index (κ1) is 16.2. The van der Waals surface area contributed by atoms with Crippen LogP contribution in [0.25, 0.3) is 0 Å². The highest BCUT2D eigenvalue weighted by Gasteiger charge is 1.80. The number of carbonyl (C=O) groups excluding carboxylic acids is 1. The van der Waals surface area contributed by atoms with Gasteiger partial charge < -0.3 is 10.6 Å². The van der Waals surface area contributed by atoms with Crippen molar-refractivity contribution in [2.45, 2.75) is 0 Å². The molecule has 0 aromatic heterocycles. The van der Waals surface area contributed by atoms with Gasteiger partial charge in [0.25, 0.3) is 0 Å². The first-order chi connectivity index (χ1) is 2.27. The molecule has 0 aromatic carbocycles. The summed E-state index contributed by atoms with van der Waals surface area (Å²) in [7, 11) is 0. The summed E-state index contributed by atoms with van der Waals surface area (Å²) in [4.78, 5) is 17.9. The molecule has 5 heteroatoms. The maximum atomic E-state index is 9.00. The van der Waals surface area contributed by atoms with Crippen LogP contribution in [0, 0.1) is 0 Å². The molecule has 0 saturated heterocycles. The molecule has 4 nitrogen and oxygen atoms in total. The maximum absolute atomic E-state index is 9.00. The van der Waals surface area contributed by atoms with E-state index in [1.165, 1.54) is 0 Å². The van der Waals surface area contributed by atoms with Gasteiger partial charge in [-0.05, 0) is 0 Å². The van der Waals surface area contributed by atoms with Crippen LogP contribution in [0.4, 0.5) is 0 Å². The van der Waals surface area contributed by atoms with Crippen LogP contribution in [0.3, 0.4) is 0 Å². The van der Waals surface area contributed by atoms with E-state index in [-0.39, 0.29) is 24.2 Å². The topological polar surface area (TPSA) is 85.9 Å². The number of aldehydes is 1. The minimum atomic E-state index is -1.43. The Morgan fingerprint density at radius 3 is 1.71 bits per heavy atom. The zero-order valence-corrected chi connectivity index (χ0v) is 4.07. The first-order valence-corrected chi connectivity index (χ1v) is 0.952. The Hall–Kier alpha value is -0.610. The van der Waals surface area contributed by atoms with Crippen LogP contribution >= 0.6 is 12.4 Å². The molecule has 0 bridgehead atoms. The van der Waals surface area contributed by atoms with Crippen LogP contribution in [0.2, 0.25) is 0 Å². The lowest BCUT2D eigenvalue weighted by Crippen LogP contribution is -1.91. The molecule has 0 aliphatic rings. The molecule has 44 valence electrons. The zero-order chi connectivity index (χ0) is 4.28. The molecule has 0 heterocycles. The molecule has 0 rings (SSSR count). The summed E-state index contributed by atoms with van der Waals surface area (Å²) in [5.41, 5.74) is 0. The Bertz CT molecular complexity index is 60.7. The summed E-state index contributed by atoms with van der Waals surface area (Å²) in [6, 6.07) is 0. The number of carboxylic acid groups (broad SMARTS) is 1. The third-order valence-electron chi connectivity index (χ3n) is 0.101. The number of halogens is 1. The maximum Gasteiger partial charge on any atom is 0.368 e. The molecule has 0 fully saturated rings. The summed E-state index contributed by atoms with van der Waals surface area (Å²) in [6.45, 7) is 0. The number of carbonyl (C=O) groups is 2.